The van der Waals surface area contributed by atoms with Gasteiger partial charge in [0.15, 0.2) is 0 Å². The number of nitrogens with zero attached hydrogens (tertiary/aromatic N) is 2. The summed E-state index contributed by atoms with van der Waals surface area (Å²) < 4.78 is 31.0. The van der Waals surface area contributed by atoms with Crippen LogP contribution in [0.5, 0.6) is 0 Å². The molecule has 1 aliphatic heterocycles. The maximum atomic E-state index is 12.2. The topological polar surface area (TPSA) is 79.0 Å². The predicted molar refractivity (Wildman–Crippen MR) is 127 cm³/mol. The number of amides is 1. The highest BCUT2D eigenvalue weighted by Crippen LogP contribution is 2.22. The molecule has 0 atom stereocenters. The van der Waals surface area contributed by atoms with E-state index < -0.39 is 10.0 Å². The van der Waals surface area contributed by atoms with Gasteiger partial charge in [0.05, 0.1) is 25.2 Å². The van der Waals surface area contributed by atoms with Crippen LogP contribution in [0.15, 0.2) is 48.5 Å². The summed E-state index contributed by atoms with van der Waals surface area (Å²) in [6.07, 6.45) is 1.79. The van der Waals surface area contributed by atoms with Crippen molar-refractivity contribution in [3.8, 4) is 0 Å². The first kappa shape index (κ1) is 24.5. The lowest BCUT2D eigenvalue weighted by atomic mass is 10.1. The van der Waals surface area contributed by atoms with Crippen LogP contribution in [0.2, 0.25) is 5.02 Å². The van der Waals surface area contributed by atoms with E-state index >= 15 is 0 Å². The number of carbonyl (C=O) groups is 1. The number of hydrogen-bond donors (Lipinski definition) is 1. The molecular formula is C23H30ClN3O4S. The van der Waals surface area contributed by atoms with Crippen molar-refractivity contribution in [1.82, 2.24) is 10.2 Å². The van der Waals surface area contributed by atoms with Gasteiger partial charge >= 0.3 is 0 Å². The van der Waals surface area contributed by atoms with Crippen LogP contribution in [-0.2, 0) is 32.6 Å². The van der Waals surface area contributed by atoms with E-state index in [0.717, 1.165) is 44.7 Å². The summed E-state index contributed by atoms with van der Waals surface area (Å²) in [5.74, 6) is -0.109. The smallest absolute Gasteiger partial charge is 0.232 e. The molecule has 3 rings (SSSR count). The second-order valence-electron chi connectivity index (χ2n) is 7.90. The lowest BCUT2D eigenvalue weighted by Gasteiger charge is -2.26. The van der Waals surface area contributed by atoms with Crippen LogP contribution in [0.4, 0.5) is 5.69 Å². The number of ether oxygens (including phenoxy) is 1. The first-order valence-electron chi connectivity index (χ1n) is 10.7. The molecule has 0 radical (unpaired) electrons. The van der Waals surface area contributed by atoms with Crippen LogP contribution in [0.1, 0.15) is 24.0 Å². The average Bonchev–Trinajstić information content (AvgIpc) is 2.76. The van der Waals surface area contributed by atoms with Gasteiger partial charge in [-0.1, -0.05) is 41.9 Å². The molecule has 0 aromatic heterocycles. The fourth-order valence-corrected chi connectivity index (χ4v) is 4.71. The van der Waals surface area contributed by atoms with E-state index in [4.69, 9.17) is 16.3 Å². The Kier molecular flexibility index (Phi) is 8.92. The number of benzene rings is 2. The van der Waals surface area contributed by atoms with E-state index in [0.29, 0.717) is 23.7 Å². The van der Waals surface area contributed by atoms with Crippen molar-refractivity contribution < 1.29 is 17.9 Å². The van der Waals surface area contributed by atoms with Gasteiger partial charge in [-0.25, -0.2) is 8.42 Å². The Bertz CT molecular complexity index is 993. The van der Waals surface area contributed by atoms with E-state index in [-0.39, 0.29) is 18.9 Å². The van der Waals surface area contributed by atoms with E-state index in [2.05, 4.69) is 22.3 Å². The molecule has 0 aliphatic carbocycles. The molecule has 1 fully saturated rings. The van der Waals surface area contributed by atoms with Crippen molar-refractivity contribution >= 4 is 33.2 Å². The Morgan fingerprint density at radius 3 is 2.47 bits per heavy atom. The molecule has 2 aromatic carbocycles. The molecule has 0 spiro atoms. The van der Waals surface area contributed by atoms with Crippen molar-refractivity contribution in [3.05, 3.63) is 64.7 Å². The Morgan fingerprint density at radius 1 is 1.12 bits per heavy atom. The minimum Gasteiger partial charge on any atom is -0.379 e. The van der Waals surface area contributed by atoms with Crippen molar-refractivity contribution in [2.75, 3.05) is 43.4 Å². The summed E-state index contributed by atoms with van der Waals surface area (Å²) in [7, 11) is -3.47. The molecule has 1 amide bonds. The lowest BCUT2D eigenvalue weighted by molar-refractivity contribution is -0.121. The molecule has 0 unspecified atom stereocenters. The number of anilines is 1. The Labute approximate surface area is 195 Å². The zero-order valence-electron chi connectivity index (χ0n) is 18.3. The second-order valence-corrected chi connectivity index (χ2v) is 10.2. The number of sulfonamides is 1. The highest BCUT2D eigenvalue weighted by atomic mass is 35.5. The standard InChI is InChI=1S/C23H30ClN3O4S/c1-32(29,30)27(22-5-2-4-21(24)16-22)11-3-6-23(28)25-17-19-7-9-20(10-8-19)18-26-12-14-31-15-13-26/h2,4-5,7-10,16H,3,6,11-15,17-18H2,1H3,(H,25,28). The molecular weight excluding hydrogens is 450 g/mol. The van der Waals surface area contributed by atoms with E-state index in [1.807, 2.05) is 12.1 Å². The zero-order chi connectivity index (χ0) is 23.0. The van der Waals surface area contributed by atoms with Gasteiger partial charge in [-0.3, -0.25) is 14.0 Å². The van der Waals surface area contributed by atoms with Gasteiger partial charge < -0.3 is 10.1 Å². The zero-order valence-corrected chi connectivity index (χ0v) is 19.9. The molecule has 2 aromatic rings. The molecule has 1 aliphatic rings. The van der Waals surface area contributed by atoms with Gasteiger partial charge in [0.2, 0.25) is 15.9 Å². The number of rotatable bonds is 10. The van der Waals surface area contributed by atoms with Crippen LogP contribution in [0.25, 0.3) is 0 Å². The van der Waals surface area contributed by atoms with Gasteiger partial charge in [-0.2, -0.15) is 0 Å². The summed E-state index contributed by atoms with van der Waals surface area (Å²) in [5, 5.41) is 3.37. The van der Waals surface area contributed by atoms with Crippen molar-refractivity contribution in [1.29, 1.82) is 0 Å². The molecule has 32 heavy (non-hydrogen) atoms. The van der Waals surface area contributed by atoms with E-state index in [9.17, 15) is 13.2 Å². The quantitative estimate of drug-likeness (QED) is 0.566. The second kappa shape index (κ2) is 11.7. The SMILES string of the molecule is CS(=O)(=O)N(CCCC(=O)NCc1ccc(CN2CCOCC2)cc1)c1cccc(Cl)c1. The van der Waals surface area contributed by atoms with Crippen LogP contribution in [-0.4, -0.2) is 58.3 Å². The largest absolute Gasteiger partial charge is 0.379 e. The highest BCUT2D eigenvalue weighted by Gasteiger charge is 2.18. The number of nitrogens with one attached hydrogen (secondary N) is 1. The maximum absolute atomic E-state index is 12.2. The number of morpholine rings is 1. The van der Waals surface area contributed by atoms with Crippen molar-refractivity contribution in [2.45, 2.75) is 25.9 Å². The fraction of sp³-hybridized carbons (Fsp3) is 0.435. The lowest BCUT2D eigenvalue weighted by Crippen LogP contribution is -2.35. The molecule has 0 saturated carbocycles. The molecule has 174 valence electrons. The van der Waals surface area contributed by atoms with Gasteiger partial charge in [-0.15, -0.1) is 0 Å². The van der Waals surface area contributed by atoms with Crippen LogP contribution in [0, 0.1) is 0 Å². The first-order chi connectivity index (χ1) is 15.3. The predicted octanol–water partition coefficient (Wildman–Crippen LogP) is 3.03. The molecule has 1 heterocycles. The summed E-state index contributed by atoms with van der Waals surface area (Å²) in [4.78, 5) is 14.6. The monoisotopic (exact) mass is 479 g/mol. The molecule has 0 bridgehead atoms. The fourth-order valence-electron chi connectivity index (χ4n) is 3.57. The molecule has 7 nitrogen and oxygen atoms in total. The Hall–Kier alpha value is -2.13. The first-order valence-corrected chi connectivity index (χ1v) is 12.9. The van der Waals surface area contributed by atoms with Gasteiger partial charge in [0, 0.05) is 44.2 Å². The third-order valence-electron chi connectivity index (χ3n) is 5.28. The Balaban J connectivity index is 1.43. The minimum absolute atomic E-state index is 0.109. The Morgan fingerprint density at radius 2 is 1.81 bits per heavy atom. The van der Waals surface area contributed by atoms with E-state index in [1.54, 1.807) is 24.3 Å². The van der Waals surface area contributed by atoms with Gasteiger partial charge in [-0.05, 0) is 35.7 Å². The van der Waals surface area contributed by atoms with Crippen LogP contribution >= 0.6 is 11.6 Å². The van der Waals surface area contributed by atoms with Crippen LogP contribution < -0.4 is 9.62 Å². The molecule has 9 heteroatoms. The number of carbonyl (C=O) groups excluding carboxylic acids is 1. The van der Waals surface area contributed by atoms with Crippen molar-refractivity contribution in [3.63, 3.8) is 0 Å². The van der Waals surface area contributed by atoms with Gasteiger partial charge in [0.1, 0.15) is 0 Å². The van der Waals surface area contributed by atoms with Gasteiger partial charge in [0.25, 0.3) is 0 Å². The highest BCUT2D eigenvalue weighted by molar-refractivity contribution is 7.92. The minimum atomic E-state index is -3.47. The summed E-state index contributed by atoms with van der Waals surface area (Å²) in [6.45, 7) is 5.02. The molecule has 1 N–H and O–H groups in total. The average molecular weight is 480 g/mol. The number of halogens is 1. The third kappa shape index (κ3) is 7.78. The molecule has 1 saturated heterocycles. The number of hydrogen-bond acceptors (Lipinski definition) is 5. The summed E-state index contributed by atoms with van der Waals surface area (Å²) in [6, 6.07) is 14.9. The summed E-state index contributed by atoms with van der Waals surface area (Å²) in [5.41, 5.74) is 2.77. The van der Waals surface area contributed by atoms with Crippen molar-refractivity contribution in [2.24, 2.45) is 0 Å². The third-order valence-corrected chi connectivity index (χ3v) is 6.71. The van der Waals surface area contributed by atoms with E-state index in [1.165, 1.54) is 9.87 Å². The van der Waals surface area contributed by atoms with Crippen LogP contribution in [0.3, 0.4) is 0 Å². The summed E-state index contributed by atoms with van der Waals surface area (Å²) >= 11 is 5.99. The maximum Gasteiger partial charge on any atom is 0.232 e. The normalized spacial score (nSPS) is 14.8.